The third-order valence-electron chi connectivity index (χ3n) is 2.58. The molecule has 1 aromatic rings. The van der Waals surface area contributed by atoms with E-state index in [4.69, 9.17) is 16.9 Å². The topological polar surface area (TPSA) is 57.9 Å². The Hall–Kier alpha value is -1.31. The lowest BCUT2D eigenvalue weighted by Crippen LogP contribution is -2.31. The first-order chi connectivity index (χ1) is 8.83. The number of halogens is 1. The van der Waals surface area contributed by atoms with Gasteiger partial charge in [-0.05, 0) is 38.5 Å². The molecule has 1 rings (SSSR count). The van der Waals surface area contributed by atoms with Crippen LogP contribution in [-0.4, -0.2) is 12.6 Å². The fourth-order valence-electron chi connectivity index (χ4n) is 1.74. The van der Waals surface area contributed by atoms with Crippen molar-refractivity contribution in [1.82, 2.24) is 0 Å². The van der Waals surface area contributed by atoms with Crippen LogP contribution in [0.15, 0.2) is 46.9 Å². The second-order valence-corrected chi connectivity index (χ2v) is 7.59. The van der Waals surface area contributed by atoms with Gasteiger partial charge in [0.2, 0.25) is 9.84 Å². The van der Waals surface area contributed by atoms with Crippen LogP contribution < -0.4 is 0 Å². The second kappa shape index (κ2) is 6.23. The average molecular weight is 298 g/mol. The fourth-order valence-corrected chi connectivity index (χ4v) is 3.99. The Labute approximate surface area is 119 Å². The van der Waals surface area contributed by atoms with Crippen LogP contribution in [-0.2, 0) is 9.84 Å². The number of rotatable bonds is 5. The lowest BCUT2D eigenvalue weighted by atomic mass is 10.2. The van der Waals surface area contributed by atoms with Crippen LogP contribution in [0.25, 0.3) is 0 Å². The van der Waals surface area contributed by atoms with Gasteiger partial charge in [-0.1, -0.05) is 35.4 Å². The molecule has 1 atom stereocenters. The number of benzene rings is 1. The highest BCUT2D eigenvalue weighted by Gasteiger charge is 2.40. The molecule has 3 nitrogen and oxygen atoms in total. The van der Waals surface area contributed by atoms with E-state index >= 15 is 0 Å². The van der Waals surface area contributed by atoms with Crippen LogP contribution in [0.4, 0.5) is 0 Å². The molecule has 0 aliphatic carbocycles. The van der Waals surface area contributed by atoms with Gasteiger partial charge < -0.3 is 0 Å². The van der Waals surface area contributed by atoms with E-state index in [2.05, 4.69) is 0 Å². The number of sulfone groups is 1. The molecule has 5 heteroatoms. The van der Waals surface area contributed by atoms with Crippen LogP contribution in [0.2, 0.25) is 0 Å². The maximum absolute atomic E-state index is 12.6. The third kappa shape index (κ3) is 3.59. The number of nitriles is 1. The first kappa shape index (κ1) is 15.7. The van der Waals surface area contributed by atoms with Crippen molar-refractivity contribution in [3.8, 4) is 6.07 Å². The van der Waals surface area contributed by atoms with Gasteiger partial charge in [0.1, 0.15) is 0 Å². The third-order valence-corrected chi connectivity index (χ3v) is 5.60. The van der Waals surface area contributed by atoms with E-state index in [-0.39, 0.29) is 17.7 Å². The summed E-state index contributed by atoms with van der Waals surface area (Å²) in [6, 6.07) is 10.0. The molecule has 19 heavy (non-hydrogen) atoms. The number of allylic oxidation sites excluding steroid dienone is 1. The molecule has 0 aromatic heterocycles. The van der Waals surface area contributed by atoms with Gasteiger partial charge >= 0.3 is 0 Å². The Balaban J connectivity index is 3.33. The first-order valence-electron chi connectivity index (χ1n) is 5.85. The molecule has 0 saturated carbocycles. The van der Waals surface area contributed by atoms with Crippen molar-refractivity contribution in [3.63, 3.8) is 0 Å². The van der Waals surface area contributed by atoms with Crippen LogP contribution in [0, 0.1) is 11.3 Å². The molecular formula is C14H16ClNO2S. The highest BCUT2D eigenvalue weighted by molar-refractivity contribution is 7.94. The van der Waals surface area contributed by atoms with E-state index in [0.29, 0.717) is 0 Å². The molecule has 0 N–H and O–H groups in total. The van der Waals surface area contributed by atoms with E-state index in [1.54, 1.807) is 32.0 Å². The maximum Gasteiger partial charge on any atom is 0.201 e. The van der Waals surface area contributed by atoms with Gasteiger partial charge in [0.15, 0.2) is 4.21 Å². The van der Waals surface area contributed by atoms with Crippen molar-refractivity contribution < 1.29 is 8.42 Å². The van der Waals surface area contributed by atoms with Crippen molar-refractivity contribution >= 4 is 21.4 Å². The molecule has 102 valence electrons. The second-order valence-electron chi connectivity index (χ2n) is 4.48. The minimum Gasteiger partial charge on any atom is -0.222 e. The Morgan fingerprint density at radius 3 is 2.42 bits per heavy atom. The number of alkyl halides is 1. The van der Waals surface area contributed by atoms with E-state index < -0.39 is 14.0 Å². The Morgan fingerprint density at radius 2 is 1.95 bits per heavy atom. The first-order valence-corrected chi connectivity index (χ1v) is 7.71. The van der Waals surface area contributed by atoms with E-state index in [1.165, 1.54) is 18.2 Å². The quantitative estimate of drug-likeness (QED) is 0.615. The predicted molar refractivity (Wildman–Crippen MR) is 76.5 cm³/mol. The molecule has 0 aliphatic rings. The molecule has 0 radical (unpaired) electrons. The van der Waals surface area contributed by atoms with Crippen LogP contribution in [0.1, 0.15) is 26.7 Å². The van der Waals surface area contributed by atoms with Gasteiger partial charge in [-0.2, -0.15) is 5.26 Å². The minimum atomic E-state index is -3.73. The van der Waals surface area contributed by atoms with Crippen LogP contribution >= 0.6 is 11.6 Å². The van der Waals surface area contributed by atoms with Crippen molar-refractivity contribution in [2.24, 2.45) is 0 Å². The molecule has 1 aromatic carbocycles. The Bertz CT molecular complexity index is 598. The molecule has 0 heterocycles. The Kier molecular flexibility index (Phi) is 5.16. The van der Waals surface area contributed by atoms with E-state index in [0.717, 1.165) is 5.57 Å². The average Bonchev–Trinajstić information content (AvgIpc) is 2.36. The largest absolute Gasteiger partial charge is 0.222 e. The zero-order chi connectivity index (χ0) is 14.5. The summed E-state index contributed by atoms with van der Waals surface area (Å²) in [7, 11) is -3.73. The predicted octanol–water partition coefficient (Wildman–Crippen LogP) is 3.67. The summed E-state index contributed by atoms with van der Waals surface area (Å²) in [6.07, 6.45) is 1.65. The van der Waals surface area contributed by atoms with Gasteiger partial charge in [-0.25, -0.2) is 8.42 Å². The fraction of sp³-hybridized carbons (Fsp3) is 0.357. The number of hydrogen-bond acceptors (Lipinski definition) is 3. The smallest absolute Gasteiger partial charge is 0.201 e. The molecule has 0 aliphatic heterocycles. The lowest BCUT2D eigenvalue weighted by molar-refractivity contribution is 0.576. The zero-order valence-corrected chi connectivity index (χ0v) is 12.5. The maximum atomic E-state index is 12.6. The molecule has 0 spiro atoms. The SMILES string of the molecule is CC(C)=CC(Cl)(CCC#N)S(=O)(=O)c1ccccc1. The van der Waals surface area contributed by atoms with Gasteiger partial charge in [-0.15, -0.1) is 0 Å². The van der Waals surface area contributed by atoms with Crippen molar-refractivity contribution in [2.45, 2.75) is 35.8 Å². The van der Waals surface area contributed by atoms with Gasteiger partial charge in [0.25, 0.3) is 0 Å². The van der Waals surface area contributed by atoms with Crippen molar-refractivity contribution in [1.29, 1.82) is 5.26 Å². The van der Waals surface area contributed by atoms with Crippen LogP contribution in [0.5, 0.6) is 0 Å². The minimum absolute atomic E-state index is 0.0630. The molecule has 0 fully saturated rings. The summed E-state index contributed by atoms with van der Waals surface area (Å²) in [5.41, 5.74) is 0.799. The zero-order valence-electron chi connectivity index (χ0n) is 10.9. The summed E-state index contributed by atoms with van der Waals surface area (Å²) in [4.78, 5) is 0.167. The summed E-state index contributed by atoms with van der Waals surface area (Å²) in [6.45, 7) is 3.56. The highest BCUT2D eigenvalue weighted by atomic mass is 35.5. The normalized spacial score (nSPS) is 14.2. The van der Waals surface area contributed by atoms with Gasteiger partial charge in [0, 0.05) is 6.42 Å². The molecule has 0 amide bonds. The molecule has 0 saturated heterocycles. The number of nitrogens with zero attached hydrogens (tertiary/aromatic N) is 1. The summed E-state index contributed by atoms with van der Waals surface area (Å²) in [5.74, 6) is 0. The van der Waals surface area contributed by atoms with Gasteiger partial charge in [0.05, 0.1) is 11.0 Å². The molecular weight excluding hydrogens is 282 g/mol. The monoisotopic (exact) mass is 297 g/mol. The van der Waals surface area contributed by atoms with Crippen molar-refractivity contribution in [3.05, 3.63) is 42.0 Å². The van der Waals surface area contributed by atoms with Crippen molar-refractivity contribution in [2.75, 3.05) is 0 Å². The summed E-state index contributed by atoms with van der Waals surface area (Å²) < 4.78 is 23.7. The standard InChI is InChI=1S/C14H16ClNO2S/c1-12(2)11-14(15,9-6-10-16)19(17,18)13-7-4-3-5-8-13/h3-5,7-8,11H,6,9H2,1-2H3. The van der Waals surface area contributed by atoms with E-state index in [9.17, 15) is 8.42 Å². The summed E-state index contributed by atoms with van der Waals surface area (Å²) >= 11 is 6.32. The van der Waals surface area contributed by atoms with Gasteiger partial charge in [-0.3, -0.25) is 0 Å². The van der Waals surface area contributed by atoms with E-state index in [1.807, 2.05) is 6.07 Å². The van der Waals surface area contributed by atoms with Crippen LogP contribution in [0.3, 0.4) is 0 Å². The highest BCUT2D eigenvalue weighted by Crippen LogP contribution is 2.36. The number of hydrogen-bond donors (Lipinski definition) is 0. The lowest BCUT2D eigenvalue weighted by Gasteiger charge is -2.23. The molecule has 1 unspecified atom stereocenters. The summed E-state index contributed by atoms with van der Waals surface area (Å²) in [5, 5.41) is 8.68. The molecule has 0 bridgehead atoms. The Morgan fingerprint density at radius 1 is 1.37 bits per heavy atom.